The Kier molecular flexibility index (Phi) is 7.61. The number of carbonyl (C=O) groups excluding carboxylic acids is 1. The summed E-state index contributed by atoms with van der Waals surface area (Å²) in [5, 5.41) is 12.0. The van der Waals surface area contributed by atoms with Gasteiger partial charge in [-0.1, -0.05) is 37.6 Å². The third-order valence-corrected chi connectivity index (χ3v) is 4.11. The van der Waals surface area contributed by atoms with Crippen LogP contribution >= 0.6 is 23.4 Å². The maximum Gasteiger partial charge on any atom is 0.313 e. The summed E-state index contributed by atoms with van der Waals surface area (Å²) in [6, 6.07) is 7.33. The van der Waals surface area contributed by atoms with Crippen LogP contribution in [-0.4, -0.2) is 35.0 Å². The number of nitrogens with one attached hydrogen (secondary N) is 1. The Morgan fingerprint density at radius 3 is 2.67 bits per heavy atom. The van der Waals surface area contributed by atoms with E-state index in [1.165, 1.54) is 11.8 Å². The SMILES string of the molecule is CC(C)C(C(=O)NCCSCC(=O)O)c1cccc(Cl)c1. The molecular formula is C15H20ClNO3S. The molecule has 21 heavy (non-hydrogen) atoms. The van der Waals surface area contributed by atoms with E-state index in [2.05, 4.69) is 5.32 Å². The van der Waals surface area contributed by atoms with E-state index in [0.717, 1.165) is 5.56 Å². The highest BCUT2D eigenvalue weighted by Gasteiger charge is 2.23. The Labute approximate surface area is 134 Å². The smallest absolute Gasteiger partial charge is 0.313 e. The molecule has 4 nitrogen and oxygen atoms in total. The van der Waals surface area contributed by atoms with Gasteiger partial charge in [-0.3, -0.25) is 9.59 Å². The first-order valence-corrected chi connectivity index (χ1v) is 8.27. The number of hydrogen-bond donors (Lipinski definition) is 2. The molecule has 1 rings (SSSR count). The number of carboxylic acid groups (broad SMARTS) is 1. The van der Waals surface area contributed by atoms with Crippen LogP contribution in [0.4, 0.5) is 0 Å². The predicted molar refractivity (Wildman–Crippen MR) is 87.0 cm³/mol. The Morgan fingerprint density at radius 2 is 2.10 bits per heavy atom. The standard InChI is InChI=1S/C15H20ClNO3S/c1-10(2)14(11-4-3-5-12(16)8-11)15(20)17-6-7-21-9-13(18)19/h3-5,8,10,14H,6-7,9H2,1-2H3,(H,17,20)(H,18,19). The minimum Gasteiger partial charge on any atom is -0.481 e. The van der Waals surface area contributed by atoms with Crippen molar-refractivity contribution in [2.75, 3.05) is 18.1 Å². The van der Waals surface area contributed by atoms with E-state index in [9.17, 15) is 9.59 Å². The average Bonchev–Trinajstić information content (AvgIpc) is 2.37. The molecule has 0 spiro atoms. The molecule has 1 aromatic rings. The fourth-order valence-electron chi connectivity index (χ4n) is 2.05. The van der Waals surface area contributed by atoms with Crippen molar-refractivity contribution in [3.8, 4) is 0 Å². The van der Waals surface area contributed by atoms with Crippen LogP contribution in [0.3, 0.4) is 0 Å². The van der Waals surface area contributed by atoms with Gasteiger partial charge in [0.15, 0.2) is 0 Å². The van der Waals surface area contributed by atoms with Gasteiger partial charge in [0.1, 0.15) is 0 Å². The molecule has 0 aliphatic heterocycles. The van der Waals surface area contributed by atoms with Crippen molar-refractivity contribution >= 4 is 35.2 Å². The van der Waals surface area contributed by atoms with Gasteiger partial charge >= 0.3 is 5.97 Å². The second kappa shape index (κ2) is 8.95. The Balaban J connectivity index is 2.57. The van der Waals surface area contributed by atoms with Gasteiger partial charge in [-0.15, -0.1) is 11.8 Å². The molecule has 1 aromatic carbocycles. The number of rotatable bonds is 8. The number of thioether (sulfide) groups is 1. The fraction of sp³-hybridized carbons (Fsp3) is 0.467. The zero-order valence-corrected chi connectivity index (χ0v) is 13.7. The van der Waals surface area contributed by atoms with E-state index in [1.54, 1.807) is 6.07 Å². The molecule has 0 saturated heterocycles. The molecule has 0 bridgehead atoms. The number of amides is 1. The summed E-state index contributed by atoms with van der Waals surface area (Å²) in [6.45, 7) is 4.44. The first-order valence-electron chi connectivity index (χ1n) is 6.74. The van der Waals surface area contributed by atoms with Gasteiger partial charge in [-0.2, -0.15) is 0 Å². The lowest BCUT2D eigenvalue weighted by Crippen LogP contribution is -2.33. The third-order valence-electron chi connectivity index (χ3n) is 2.93. The van der Waals surface area contributed by atoms with Crippen molar-refractivity contribution in [1.29, 1.82) is 0 Å². The molecule has 0 radical (unpaired) electrons. The zero-order chi connectivity index (χ0) is 15.8. The maximum atomic E-state index is 12.3. The highest BCUT2D eigenvalue weighted by molar-refractivity contribution is 7.99. The van der Waals surface area contributed by atoms with Gasteiger partial charge in [-0.05, 0) is 23.6 Å². The van der Waals surface area contributed by atoms with Gasteiger partial charge < -0.3 is 10.4 Å². The lowest BCUT2D eigenvalue weighted by Gasteiger charge is -2.21. The van der Waals surface area contributed by atoms with Crippen LogP contribution < -0.4 is 5.32 Å². The largest absolute Gasteiger partial charge is 0.481 e. The number of hydrogen-bond acceptors (Lipinski definition) is 3. The Hall–Kier alpha value is -1.20. The molecule has 1 amide bonds. The molecule has 0 aliphatic carbocycles. The van der Waals surface area contributed by atoms with Gasteiger partial charge in [-0.25, -0.2) is 0 Å². The summed E-state index contributed by atoms with van der Waals surface area (Å²) in [4.78, 5) is 22.7. The van der Waals surface area contributed by atoms with Crippen LogP contribution in [0.1, 0.15) is 25.3 Å². The number of benzene rings is 1. The van der Waals surface area contributed by atoms with Crippen LogP contribution in [-0.2, 0) is 9.59 Å². The van der Waals surface area contributed by atoms with Crippen LogP contribution in [0.15, 0.2) is 24.3 Å². The van der Waals surface area contributed by atoms with Crippen molar-refractivity contribution < 1.29 is 14.7 Å². The van der Waals surface area contributed by atoms with Crippen molar-refractivity contribution in [1.82, 2.24) is 5.32 Å². The highest BCUT2D eigenvalue weighted by atomic mass is 35.5. The third kappa shape index (κ3) is 6.40. The van der Waals surface area contributed by atoms with Crippen molar-refractivity contribution in [2.24, 2.45) is 5.92 Å². The van der Waals surface area contributed by atoms with Crippen molar-refractivity contribution in [3.05, 3.63) is 34.9 Å². The Bertz CT molecular complexity index is 494. The maximum absolute atomic E-state index is 12.3. The van der Waals surface area contributed by atoms with E-state index >= 15 is 0 Å². The zero-order valence-electron chi connectivity index (χ0n) is 12.1. The van der Waals surface area contributed by atoms with E-state index in [1.807, 2.05) is 32.0 Å². The van der Waals surface area contributed by atoms with Crippen molar-refractivity contribution in [3.63, 3.8) is 0 Å². The minimum absolute atomic E-state index is 0.0526. The van der Waals surface area contributed by atoms with E-state index in [4.69, 9.17) is 16.7 Å². The minimum atomic E-state index is -0.842. The molecular weight excluding hydrogens is 310 g/mol. The second-order valence-corrected chi connectivity index (χ2v) is 6.56. The summed E-state index contributed by atoms with van der Waals surface area (Å²) in [5.41, 5.74) is 0.896. The normalized spacial score (nSPS) is 12.2. The van der Waals surface area contributed by atoms with E-state index in [0.29, 0.717) is 17.3 Å². The van der Waals surface area contributed by atoms with Gasteiger partial charge in [0.2, 0.25) is 5.91 Å². The number of carbonyl (C=O) groups is 2. The topological polar surface area (TPSA) is 66.4 Å². The molecule has 0 fully saturated rings. The first-order chi connectivity index (χ1) is 9.91. The summed E-state index contributed by atoms with van der Waals surface area (Å²) in [7, 11) is 0. The van der Waals surface area contributed by atoms with Crippen LogP contribution in [0.5, 0.6) is 0 Å². The first kappa shape index (κ1) is 17.9. The molecule has 1 unspecified atom stereocenters. The van der Waals surface area contributed by atoms with E-state index in [-0.39, 0.29) is 23.5 Å². The van der Waals surface area contributed by atoms with Crippen LogP contribution in [0.25, 0.3) is 0 Å². The molecule has 116 valence electrons. The van der Waals surface area contributed by atoms with E-state index < -0.39 is 5.97 Å². The van der Waals surface area contributed by atoms with Gasteiger partial charge in [0.25, 0.3) is 0 Å². The summed E-state index contributed by atoms with van der Waals surface area (Å²) >= 11 is 7.27. The lowest BCUT2D eigenvalue weighted by atomic mass is 9.87. The quantitative estimate of drug-likeness (QED) is 0.719. The fourth-order valence-corrected chi connectivity index (χ4v) is 2.82. The predicted octanol–water partition coefficient (Wildman–Crippen LogP) is 3.01. The lowest BCUT2D eigenvalue weighted by molar-refractivity contribution is -0.133. The average molecular weight is 330 g/mol. The van der Waals surface area contributed by atoms with Gasteiger partial charge in [0.05, 0.1) is 11.7 Å². The monoisotopic (exact) mass is 329 g/mol. The van der Waals surface area contributed by atoms with Crippen LogP contribution in [0.2, 0.25) is 5.02 Å². The molecule has 0 aromatic heterocycles. The molecule has 0 aliphatic rings. The molecule has 1 atom stereocenters. The second-order valence-electron chi connectivity index (χ2n) is 5.01. The summed E-state index contributed by atoms with van der Waals surface area (Å²) < 4.78 is 0. The summed E-state index contributed by atoms with van der Waals surface area (Å²) in [5.74, 6) is -0.368. The highest BCUT2D eigenvalue weighted by Crippen LogP contribution is 2.26. The molecule has 2 N–H and O–H groups in total. The molecule has 0 heterocycles. The number of halogens is 1. The Morgan fingerprint density at radius 1 is 1.38 bits per heavy atom. The molecule has 6 heteroatoms. The number of aliphatic carboxylic acids is 1. The van der Waals surface area contributed by atoms with Crippen LogP contribution in [0, 0.1) is 5.92 Å². The van der Waals surface area contributed by atoms with Gasteiger partial charge in [0, 0.05) is 17.3 Å². The van der Waals surface area contributed by atoms with Crippen molar-refractivity contribution in [2.45, 2.75) is 19.8 Å². The number of carboxylic acids is 1. The summed E-state index contributed by atoms with van der Waals surface area (Å²) in [6.07, 6.45) is 0. The molecule has 0 saturated carbocycles.